The summed E-state index contributed by atoms with van der Waals surface area (Å²) in [6.07, 6.45) is 4.34. The molecule has 5 nitrogen and oxygen atoms in total. The molecule has 0 bridgehead atoms. The van der Waals surface area contributed by atoms with E-state index in [1.54, 1.807) is 0 Å². The highest BCUT2D eigenvalue weighted by Gasteiger charge is 2.35. The second kappa shape index (κ2) is 5.07. The minimum absolute atomic E-state index is 0.140. The van der Waals surface area contributed by atoms with Crippen LogP contribution in [0, 0.1) is 5.92 Å². The van der Waals surface area contributed by atoms with Gasteiger partial charge in [-0.15, -0.1) is 0 Å². The number of carbonyl (C=O) groups is 2. The summed E-state index contributed by atoms with van der Waals surface area (Å²) in [6.45, 7) is 2.70. The van der Waals surface area contributed by atoms with Gasteiger partial charge in [0.1, 0.15) is 0 Å². The van der Waals surface area contributed by atoms with Crippen molar-refractivity contribution in [2.45, 2.75) is 19.3 Å². The molecule has 1 aromatic rings. The molecule has 3 rings (SSSR count). The first-order valence-electron chi connectivity index (χ1n) is 6.93. The van der Waals surface area contributed by atoms with Crippen molar-refractivity contribution in [1.29, 1.82) is 0 Å². The van der Waals surface area contributed by atoms with E-state index in [9.17, 15) is 9.59 Å². The van der Waals surface area contributed by atoms with Gasteiger partial charge in [0.05, 0.1) is 6.42 Å². The molecule has 2 aliphatic rings. The maximum Gasteiger partial charge on any atom is 0.228 e. The maximum atomic E-state index is 12.1. The molecule has 2 fully saturated rings. The number of piperazine rings is 1. The number of H-pyrrole nitrogens is 1. The Labute approximate surface area is 112 Å². The van der Waals surface area contributed by atoms with E-state index in [4.69, 9.17) is 0 Å². The van der Waals surface area contributed by atoms with Gasteiger partial charge in [0.2, 0.25) is 11.8 Å². The number of rotatable bonds is 3. The van der Waals surface area contributed by atoms with Gasteiger partial charge in [-0.2, -0.15) is 0 Å². The topological polar surface area (TPSA) is 56.4 Å². The molecule has 0 unspecified atom stereocenters. The average molecular weight is 261 g/mol. The molecule has 1 N–H and O–H groups in total. The van der Waals surface area contributed by atoms with Crippen molar-refractivity contribution >= 4 is 11.8 Å². The van der Waals surface area contributed by atoms with Crippen LogP contribution in [0.2, 0.25) is 0 Å². The van der Waals surface area contributed by atoms with E-state index in [1.165, 1.54) is 0 Å². The third kappa shape index (κ3) is 2.80. The minimum atomic E-state index is 0.140. The predicted octanol–water partition coefficient (Wildman–Crippen LogP) is 0.638. The van der Waals surface area contributed by atoms with Crippen LogP contribution in [-0.2, 0) is 16.0 Å². The number of hydrogen-bond acceptors (Lipinski definition) is 2. The van der Waals surface area contributed by atoms with Gasteiger partial charge in [0, 0.05) is 44.0 Å². The number of carbonyl (C=O) groups excluding carboxylic acids is 2. The van der Waals surface area contributed by atoms with E-state index in [1.807, 2.05) is 28.1 Å². The molecule has 5 heteroatoms. The van der Waals surface area contributed by atoms with Crippen molar-refractivity contribution in [3.05, 3.63) is 24.0 Å². The molecular formula is C14H19N3O2. The Morgan fingerprint density at radius 1 is 1.16 bits per heavy atom. The van der Waals surface area contributed by atoms with Gasteiger partial charge in [-0.3, -0.25) is 9.59 Å². The van der Waals surface area contributed by atoms with Gasteiger partial charge in [-0.05, 0) is 25.0 Å². The largest absolute Gasteiger partial charge is 0.365 e. The zero-order valence-electron chi connectivity index (χ0n) is 11.0. The van der Waals surface area contributed by atoms with Gasteiger partial charge in [-0.25, -0.2) is 0 Å². The highest BCUT2D eigenvalue weighted by Crippen LogP contribution is 2.31. The minimum Gasteiger partial charge on any atom is -0.365 e. The van der Waals surface area contributed by atoms with Gasteiger partial charge in [0.15, 0.2) is 0 Å². The summed E-state index contributed by atoms with van der Waals surface area (Å²) in [6, 6.07) is 3.82. The predicted molar refractivity (Wildman–Crippen MR) is 70.4 cm³/mol. The summed E-state index contributed by atoms with van der Waals surface area (Å²) >= 11 is 0. The van der Waals surface area contributed by atoms with Crippen LogP contribution >= 0.6 is 0 Å². The third-order valence-corrected chi connectivity index (χ3v) is 3.87. The third-order valence-electron chi connectivity index (χ3n) is 3.87. The molecule has 2 heterocycles. The molecule has 1 aromatic heterocycles. The van der Waals surface area contributed by atoms with Crippen LogP contribution < -0.4 is 0 Å². The Balaban J connectivity index is 1.49. The summed E-state index contributed by atoms with van der Waals surface area (Å²) in [5, 5.41) is 0. The van der Waals surface area contributed by atoms with E-state index in [0.29, 0.717) is 32.6 Å². The first-order chi connectivity index (χ1) is 9.24. The van der Waals surface area contributed by atoms with E-state index >= 15 is 0 Å². The van der Waals surface area contributed by atoms with Crippen LogP contribution in [0.1, 0.15) is 18.5 Å². The summed E-state index contributed by atoms with van der Waals surface area (Å²) in [4.78, 5) is 30.8. The second-order valence-electron chi connectivity index (χ2n) is 5.35. The maximum absolute atomic E-state index is 12.1. The van der Waals surface area contributed by atoms with Crippen molar-refractivity contribution in [3.8, 4) is 0 Å². The molecule has 102 valence electrons. The van der Waals surface area contributed by atoms with Gasteiger partial charge in [-0.1, -0.05) is 0 Å². The Bertz CT molecular complexity index is 457. The SMILES string of the molecule is O=C(Cc1ccc[nH]1)N1CCN(C(=O)C2CC2)CC1. The van der Waals surface area contributed by atoms with Crippen molar-refractivity contribution in [1.82, 2.24) is 14.8 Å². The summed E-state index contributed by atoms with van der Waals surface area (Å²) in [5.74, 6) is 0.707. The molecule has 1 aliphatic heterocycles. The van der Waals surface area contributed by atoms with E-state index < -0.39 is 0 Å². The lowest BCUT2D eigenvalue weighted by Gasteiger charge is -2.35. The number of aromatic nitrogens is 1. The Kier molecular flexibility index (Phi) is 3.27. The van der Waals surface area contributed by atoms with E-state index in [-0.39, 0.29) is 17.7 Å². The lowest BCUT2D eigenvalue weighted by molar-refractivity contribution is -0.140. The number of amides is 2. The van der Waals surface area contributed by atoms with Crippen LogP contribution in [0.15, 0.2) is 18.3 Å². The molecule has 1 aliphatic carbocycles. The van der Waals surface area contributed by atoms with Crippen molar-refractivity contribution in [2.24, 2.45) is 5.92 Å². The molecular weight excluding hydrogens is 242 g/mol. The number of aromatic amines is 1. The lowest BCUT2D eigenvalue weighted by Crippen LogP contribution is -2.51. The highest BCUT2D eigenvalue weighted by atomic mass is 16.2. The van der Waals surface area contributed by atoms with E-state index in [2.05, 4.69) is 4.98 Å². The first-order valence-corrected chi connectivity index (χ1v) is 6.93. The first kappa shape index (κ1) is 12.3. The lowest BCUT2D eigenvalue weighted by atomic mass is 10.2. The number of hydrogen-bond donors (Lipinski definition) is 1. The standard InChI is InChI=1S/C14H19N3O2/c18-13(10-12-2-1-5-15-12)16-6-8-17(9-7-16)14(19)11-3-4-11/h1-2,5,11,15H,3-4,6-10H2. The fourth-order valence-corrected chi connectivity index (χ4v) is 2.52. The molecule has 2 amide bonds. The quantitative estimate of drug-likeness (QED) is 0.868. The number of nitrogens with zero attached hydrogens (tertiary/aromatic N) is 2. The van der Waals surface area contributed by atoms with Gasteiger partial charge >= 0.3 is 0 Å². The monoisotopic (exact) mass is 261 g/mol. The molecule has 19 heavy (non-hydrogen) atoms. The van der Waals surface area contributed by atoms with Crippen LogP contribution in [0.4, 0.5) is 0 Å². The summed E-state index contributed by atoms with van der Waals surface area (Å²) in [7, 11) is 0. The molecule has 1 saturated carbocycles. The number of nitrogens with one attached hydrogen (secondary N) is 1. The van der Waals surface area contributed by atoms with Crippen molar-refractivity contribution in [3.63, 3.8) is 0 Å². The Morgan fingerprint density at radius 3 is 2.42 bits per heavy atom. The highest BCUT2D eigenvalue weighted by molar-refractivity contribution is 5.82. The summed E-state index contributed by atoms with van der Waals surface area (Å²) in [5.41, 5.74) is 0.946. The zero-order valence-corrected chi connectivity index (χ0v) is 11.0. The van der Waals surface area contributed by atoms with Crippen molar-refractivity contribution < 1.29 is 9.59 Å². The van der Waals surface area contributed by atoms with Gasteiger partial charge in [0.25, 0.3) is 0 Å². The Morgan fingerprint density at radius 2 is 1.84 bits per heavy atom. The molecule has 0 radical (unpaired) electrons. The van der Waals surface area contributed by atoms with Crippen LogP contribution in [0.3, 0.4) is 0 Å². The normalized spacial score (nSPS) is 19.6. The average Bonchev–Trinajstić information content (AvgIpc) is 3.17. The zero-order chi connectivity index (χ0) is 13.2. The summed E-state index contributed by atoms with van der Waals surface area (Å²) < 4.78 is 0. The molecule has 1 saturated heterocycles. The molecule has 0 aromatic carbocycles. The Hall–Kier alpha value is -1.78. The van der Waals surface area contributed by atoms with Crippen molar-refractivity contribution in [2.75, 3.05) is 26.2 Å². The second-order valence-corrected chi connectivity index (χ2v) is 5.35. The fraction of sp³-hybridized carbons (Fsp3) is 0.571. The van der Waals surface area contributed by atoms with Gasteiger partial charge < -0.3 is 14.8 Å². The van der Waals surface area contributed by atoms with Crippen LogP contribution in [0.5, 0.6) is 0 Å². The molecule has 0 spiro atoms. The smallest absolute Gasteiger partial charge is 0.228 e. The fourth-order valence-electron chi connectivity index (χ4n) is 2.52. The van der Waals surface area contributed by atoms with Crippen LogP contribution in [-0.4, -0.2) is 52.8 Å². The van der Waals surface area contributed by atoms with E-state index in [0.717, 1.165) is 18.5 Å². The van der Waals surface area contributed by atoms with Crippen LogP contribution in [0.25, 0.3) is 0 Å². The molecule has 0 atom stereocenters.